The number of hydrogen-bond donors (Lipinski definition) is 0. The number of aryl methyl sites for hydroxylation is 2. The van der Waals surface area contributed by atoms with Crippen molar-refractivity contribution in [3.8, 4) is 17.2 Å². The molecule has 28 heavy (non-hydrogen) atoms. The Labute approximate surface area is 169 Å². The first kappa shape index (κ1) is 18.8. The van der Waals surface area contributed by atoms with Crippen LogP contribution < -0.4 is 4.74 Å². The number of benzene rings is 2. The van der Waals surface area contributed by atoms with Gasteiger partial charge in [-0.2, -0.15) is 0 Å². The number of aromatic nitrogens is 1. The van der Waals surface area contributed by atoms with Gasteiger partial charge in [-0.25, -0.2) is 4.98 Å². The van der Waals surface area contributed by atoms with Crippen LogP contribution in [0, 0.1) is 6.92 Å². The maximum Gasteiger partial charge on any atom is 0.226 e. The molecule has 4 nitrogen and oxygen atoms in total. The van der Waals surface area contributed by atoms with E-state index in [1.165, 1.54) is 11.1 Å². The number of fused-ring (bicyclic) bond motifs is 1. The molecule has 1 aliphatic carbocycles. The van der Waals surface area contributed by atoms with Gasteiger partial charge in [-0.3, -0.25) is 4.79 Å². The van der Waals surface area contributed by atoms with Gasteiger partial charge < -0.3 is 9.15 Å². The summed E-state index contributed by atoms with van der Waals surface area (Å²) in [5.74, 6) is 2.56. The molecule has 0 radical (unpaired) electrons. The third-order valence-corrected chi connectivity index (χ3v) is 5.40. The molecule has 1 aliphatic rings. The minimum absolute atomic E-state index is 0.239. The lowest BCUT2D eigenvalue weighted by Gasteiger charge is -2.10. The number of nitrogens with zero attached hydrogens (tertiary/aromatic N) is 1. The van der Waals surface area contributed by atoms with Crippen molar-refractivity contribution in [3.05, 3.63) is 71.1 Å². The summed E-state index contributed by atoms with van der Waals surface area (Å²) >= 11 is 5.56. The van der Waals surface area contributed by atoms with Crippen molar-refractivity contribution in [2.45, 2.75) is 38.5 Å². The number of oxazole rings is 1. The third kappa shape index (κ3) is 4.12. The van der Waals surface area contributed by atoms with Crippen molar-refractivity contribution in [3.63, 3.8) is 0 Å². The van der Waals surface area contributed by atoms with Gasteiger partial charge in [0.05, 0.1) is 12.3 Å². The smallest absolute Gasteiger partial charge is 0.226 e. The zero-order valence-corrected chi connectivity index (χ0v) is 16.5. The minimum Gasteiger partial charge on any atom is -0.493 e. The van der Waals surface area contributed by atoms with Crippen molar-refractivity contribution < 1.29 is 13.9 Å². The van der Waals surface area contributed by atoms with Crippen LogP contribution in [0.3, 0.4) is 0 Å². The molecule has 0 N–H and O–H groups in total. The van der Waals surface area contributed by atoms with Gasteiger partial charge >= 0.3 is 0 Å². The highest BCUT2D eigenvalue weighted by molar-refractivity contribution is 6.63. The minimum atomic E-state index is -0.268. The summed E-state index contributed by atoms with van der Waals surface area (Å²) in [6.45, 7) is 2.46. The molecule has 5 heteroatoms. The largest absolute Gasteiger partial charge is 0.493 e. The van der Waals surface area contributed by atoms with Crippen molar-refractivity contribution in [2.75, 3.05) is 6.61 Å². The van der Waals surface area contributed by atoms with Crippen LogP contribution in [-0.2, 0) is 17.6 Å². The first-order valence-corrected chi connectivity index (χ1v) is 9.93. The van der Waals surface area contributed by atoms with Gasteiger partial charge in [0.1, 0.15) is 11.5 Å². The number of hydrogen-bond acceptors (Lipinski definition) is 4. The van der Waals surface area contributed by atoms with Crippen LogP contribution in [0.1, 0.15) is 41.3 Å². The Kier molecular flexibility index (Phi) is 5.49. The number of rotatable bonds is 7. The maximum atomic E-state index is 11.2. The van der Waals surface area contributed by atoms with Crippen LogP contribution in [-0.4, -0.2) is 16.8 Å². The summed E-state index contributed by atoms with van der Waals surface area (Å²) < 4.78 is 11.7. The van der Waals surface area contributed by atoms with Crippen molar-refractivity contribution in [1.82, 2.24) is 4.98 Å². The van der Waals surface area contributed by atoms with E-state index in [2.05, 4.69) is 17.1 Å². The van der Waals surface area contributed by atoms with Crippen LogP contribution in [0.2, 0.25) is 0 Å². The highest BCUT2D eigenvalue weighted by Crippen LogP contribution is 2.37. The molecule has 2 aromatic carbocycles. The Morgan fingerprint density at radius 3 is 2.86 bits per heavy atom. The summed E-state index contributed by atoms with van der Waals surface area (Å²) in [5.41, 5.74) is 4.37. The fourth-order valence-electron chi connectivity index (χ4n) is 3.81. The molecule has 0 bridgehead atoms. The van der Waals surface area contributed by atoms with Crippen LogP contribution in [0.4, 0.5) is 0 Å². The molecule has 4 rings (SSSR count). The van der Waals surface area contributed by atoms with Gasteiger partial charge in [-0.05, 0) is 72.7 Å². The molecule has 0 saturated heterocycles. The second kappa shape index (κ2) is 8.19. The Morgan fingerprint density at radius 2 is 2.07 bits per heavy atom. The normalized spacial score (nSPS) is 15.4. The molecule has 0 aliphatic heterocycles. The van der Waals surface area contributed by atoms with Gasteiger partial charge in [0.2, 0.25) is 11.1 Å². The zero-order valence-electron chi connectivity index (χ0n) is 15.8. The monoisotopic (exact) mass is 395 g/mol. The molecule has 0 saturated carbocycles. The number of ether oxygens (including phenoxy) is 1. The summed E-state index contributed by atoms with van der Waals surface area (Å²) in [7, 11) is 0. The predicted octanol–water partition coefficient (Wildman–Crippen LogP) is 5.46. The summed E-state index contributed by atoms with van der Waals surface area (Å²) in [4.78, 5) is 15.8. The van der Waals surface area contributed by atoms with Gasteiger partial charge in [0, 0.05) is 18.4 Å². The molecule has 0 fully saturated rings. The van der Waals surface area contributed by atoms with Gasteiger partial charge in [-0.15, -0.1) is 0 Å². The fourth-order valence-corrected chi connectivity index (χ4v) is 3.99. The molecule has 144 valence electrons. The van der Waals surface area contributed by atoms with Crippen LogP contribution >= 0.6 is 11.6 Å². The maximum absolute atomic E-state index is 11.2. The average molecular weight is 396 g/mol. The Hall–Kier alpha value is -2.59. The second-order valence-electron chi connectivity index (χ2n) is 7.14. The van der Waals surface area contributed by atoms with Crippen molar-refractivity contribution in [1.29, 1.82) is 0 Å². The second-order valence-corrected chi connectivity index (χ2v) is 7.56. The van der Waals surface area contributed by atoms with Crippen LogP contribution in [0.25, 0.3) is 11.5 Å². The molecular weight excluding hydrogens is 374 g/mol. The number of carbonyl (C=O) groups is 1. The Balaban J connectivity index is 1.37. The summed E-state index contributed by atoms with van der Waals surface area (Å²) in [6, 6.07) is 16.0. The standard InChI is InChI=1S/C23H22ClNO3/c1-15-21(25-23(28-15)16-5-3-2-4-6-16)11-12-27-19-9-10-20-17(13-19)7-8-18(20)14-22(24)26/h2-6,9-10,13,18H,7-8,11-12,14H2,1H3. The lowest BCUT2D eigenvalue weighted by Crippen LogP contribution is -2.03. The molecule has 1 aromatic heterocycles. The SMILES string of the molecule is Cc1oc(-c2ccccc2)nc1CCOc1ccc2c(c1)CCC2CC(=O)Cl. The predicted molar refractivity (Wildman–Crippen MR) is 109 cm³/mol. The van der Waals surface area contributed by atoms with E-state index in [-0.39, 0.29) is 11.2 Å². The molecule has 1 atom stereocenters. The first-order valence-electron chi connectivity index (χ1n) is 9.56. The van der Waals surface area contributed by atoms with Gasteiger partial charge in [0.15, 0.2) is 0 Å². The van der Waals surface area contributed by atoms with E-state index in [1.54, 1.807) is 0 Å². The lowest BCUT2D eigenvalue weighted by atomic mass is 9.98. The van der Waals surface area contributed by atoms with Crippen LogP contribution in [0.5, 0.6) is 5.75 Å². The van der Waals surface area contributed by atoms with Crippen molar-refractivity contribution >= 4 is 16.8 Å². The Bertz CT molecular complexity index is 981. The highest BCUT2D eigenvalue weighted by Gasteiger charge is 2.24. The quantitative estimate of drug-likeness (QED) is 0.498. The number of carbonyl (C=O) groups excluding carboxylic acids is 1. The van der Waals surface area contributed by atoms with E-state index < -0.39 is 0 Å². The fraction of sp³-hybridized carbons (Fsp3) is 0.304. The zero-order chi connectivity index (χ0) is 19.5. The van der Waals surface area contributed by atoms with Gasteiger partial charge in [-0.1, -0.05) is 24.3 Å². The summed E-state index contributed by atoms with van der Waals surface area (Å²) in [5, 5.41) is -0.268. The van der Waals surface area contributed by atoms with Gasteiger partial charge in [0.25, 0.3) is 0 Å². The van der Waals surface area contributed by atoms with E-state index in [0.717, 1.165) is 35.6 Å². The highest BCUT2D eigenvalue weighted by atomic mass is 35.5. The van der Waals surface area contributed by atoms with Crippen LogP contribution in [0.15, 0.2) is 52.9 Å². The Morgan fingerprint density at radius 1 is 1.25 bits per heavy atom. The molecular formula is C23H22ClNO3. The van der Waals surface area contributed by atoms with Crippen molar-refractivity contribution in [2.24, 2.45) is 0 Å². The third-order valence-electron chi connectivity index (χ3n) is 5.24. The van der Waals surface area contributed by atoms with E-state index in [4.69, 9.17) is 20.8 Å². The lowest BCUT2D eigenvalue weighted by molar-refractivity contribution is -0.112. The molecule has 1 heterocycles. The summed E-state index contributed by atoms with van der Waals surface area (Å²) in [6.07, 6.45) is 3.02. The first-order chi connectivity index (χ1) is 13.6. The van der Waals surface area contributed by atoms with E-state index in [1.807, 2.05) is 43.3 Å². The van der Waals surface area contributed by atoms with E-state index in [9.17, 15) is 4.79 Å². The molecule has 3 aromatic rings. The van der Waals surface area contributed by atoms with E-state index in [0.29, 0.717) is 25.3 Å². The molecule has 0 spiro atoms. The van der Waals surface area contributed by atoms with E-state index >= 15 is 0 Å². The molecule has 1 unspecified atom stereocenters. The topological polar surface area (TPSA) is 52.3 Å². The average Bonchev–Trinajstić information content (AvgIpc) is 3.26. The number of halogens is 1. The molecule has 0 amide bonds.